The molecule has 1 heterocycles. The zero-order valence-corrected chi connectivity index (χ0v) is 8.08. The fourth-order valence-corrected chi connectivity index (χ4v) is 1.02. The van der Waals surface area contributed by atoms with E-state index in [-0.39, 0.29) is 0 Å². The minimum atomic E-state index is 0.898. The normalized spacial score (nSPS) is 10.5. The van der Waals surface area contributed by atoms with E-state index in [1.807, 2.05) is 24.5 Å². The molecule has 0 N–H and O–H groups in total. The van der Waals surface area contributed by atoms with Crippen LogP contribution in [0, 0.1) is 0 Å². The predicted octanol–water partition coefficient (Wildman–Crippen LogP) is 1.87. The van der Waals surface area contributed by atoms with Gasteiger partial charge in [-0.1, -0.05) is 15.9 Å². The minimum Gasteiger partial charge on any atom is -0.292 e. The summed E-state index contributed by atoms with van der Waals surface area (Å²) >= 11 is 3.38. The summed E-state index contributed by atoms with van der Waals surface area (Å²) in [7, 11) is 2.06. The molecule has 0 saturated heterocycles. The summed E-state index contributed by atoms with van der Waals surface area (Å²) < 4.78 is 0. The Kier molecular flexibility index (Phi) is 3.52. The molecule has 0 unspecified atom stereocenters. The van der Waals surface area contributed by atoms with Crippen LogP contribution >= 0.6 is 15.9 Å². The van der Waals surface area contributed by atoms with E-state index in [9.17, 15) is 0 Å². The van der Waals surface area contributed by atoms with Crippen LogP contribution in [0.15, 0.2) is 24.5 Å². The molecule has 1 rings (SSSR count). The Morgan fingerprint density at radius 2 is 2.09 bits per heavy atom. The fraction of sp³-hybridized carbons (Fsp3) is 0.375. The van der Waals surface area contributed by atoms with E-state index >= 15 is 0 Å². The highest BCUT2D eigenvalue weighted by Crippen LogP contribution is 2.01. The average Bonchev–Trinajstić information content (AvgIpc) is 2.06. The Hall–Kier alpha value is -0.410. The Labute approximate surface area is 75.4 Å². The molecule has 0 aliphatic rings. The summed E-state index contributed by atoms with van der Waals surface area (Å²) in [5.41, 5.74) is 2.19. The summed E-state index contributed by atoms with van der Waals surface area (Å²) in [5, 5.41) is 0. The van der Waals surface area contributed by atoms with E-state index in [2.05, 4.69) is 32.9 Å². The average molecular weight is 215 g/mol. The van der Waals surface area contributed by atoms with Gasteiger partial charge in [0.2, 0.25) is 0 Å². The molecule has 0 aliphatic carbocycles. The second-order valence-electron chi connectivity index (χ2n) is 2.49. The van der Waals surface area contributed by atoms with Gasteiger partial charge in [0.1, 0.15) is 0 Å². The van der Waals surface area contributed by atoms with Gasteiger partial charge in [-0.3, -0.25) is 9.88 Å². The first-order valence-electron chi connectivity index (χ1n) is 3.46. The van der Waals surface area contributed by atoms with Crippen molar-refractivity contribution >= 4 is 15.9 Å². The van der Waals surface area contributed by atoms with Crippen molar-refractivity contribution in [3.8, 4) is 0 Å². The van der Waals surface area contributed by atoms with E-state index in [0.717, 1.165) is 12.0 Å². The molecule has 1 aromatic heterocycles. The smallest absolute Gasteiger partial charge is 0.0542 e. The van der Waals surface area contributed by atoms with E-state index < -0.39 is 0 Å². The number of nitrogens with zero attached hydrogens (tertiary/aromatic N) is 2. The molecule has 0 aliphatic heterocycles. The number of pyridine rings is 1. The molecule has 0 saturated carbocycles. The van der Waals surface area contributed by atoms with Gasteiger partial charge in [0.15, 0.2) is 0 Å². The van der Waals surface area contributed by atoms with Gasteiger partial charge in [-0.2, -0.15) is 0 Å². The summed E-state index contributed by atoms with van der Waals surface area (Å²) in [6.45, 7) is 0.966. The highest BCUT2D eigenvalue weighted by molar-refractivity contribution is 9.09. The van der Waals surface area contributed by atoms with Crippen molar-refractivity contribution < 1.29 is 0 Å². The van der Waals surface area contributed by atoms with Crippen LogP contribution < -0.4 is 0 Å². The van der Waals surface area contributed by atoms with Crippen LogP contribution in [0.25, 0.3) is 0 Å². The van der Waals surface area contributed by atoms with Gasteiger partial charge in [-0.15, -0.1) is 0 Å². The lowest BCUT2D eigenvalue weighted by atomic mass is 10.3. The maximum Gasteiger partial charge on any atom is 0.0542 e. The molecule has 1 aromatic rings. The lowest BCUT2D eigenvalue weighted by Gasteiger charge is -2.11. The summed E-state index contributed by atoms with van der Waals surface area (Å²) in [6.07, 6.45) is 3.63. The molecule has 3 heteroatoms. The minimum absolute atomic E-state index is 0.898. The molecule has 60 valence electrons. The lowest BCUT2D eigenvalue weighted by Crippen LogP contribution is -2.14. The topological polar surface area (TPSA) is 16.1 Å². The number of hydrogen-bond acceptors (Lipinski definition) is 2. The van der Waals surface area contributed by atoms with Gasteiger partial charge in [0.25, 0.3) is 0 Å². The molecule has 0 spiro atoms. The number of hydrogen-bond donors (Lipinski definition) is 0. The summed E-state index contributed by atoms with van der Waals surface area (Å²) in [6, 6.07) is 4.05. The lowest BCUT2D eigenvalue weighted by molar-refractivity contribution is 0.390. The van der Waals surface area contributed by atoms with E-state index in [0.29, 0.717) is 0 Å². The third-order valence-electron chi connectivity index (χ3n) is 1.41. The van der Waals surface area contributed by atoms with Crippen LogP contribution in [0.1, 0.15) is 5.56 Å². The predicted molar refractivity (Wildman–Crippen MR) is 49.5 cm³/mol. The van der Waals surface area contributed by atoms with Crippen molar-refractivity contribution in [2.75, 3.05) is 12.5 Å². The van der Waals surface area contributed by atoms with E-state index in [4.69, 9.17) is 0 Å². The number of alkyl halides is 1. The summed E-state index contributed by atoms with van der Waals surface area (Å²) in [5.74, 6) is 0. The monoisotopic (exact) mass is 214 g/mol. The highest BCUT2D eigenvalue weighted by Gasteiger charge is 1.95. The van der Waals surface area contributed by atoms with Gasteiger partial charge in [0, 0.05) is 18.9 Å². The van der Waals surface area contributed by atoms with Crippen LogP contribution in [-0.2, 0) is 6.54 Å². The molecule has 0 atom stereocenters. The molecular formula is C8H11BrN2. The van der Waals surface area contributed by atoms with Crippen LogP contribution in [0.5, 0.6) is 0 Å². The van der Waals surface area contributed by atoms with Gasteiger partial charge < -0.3 is 0 Å². The number of aromatic nitrogens is 1. The van der Waals surface area contributed by atoms with E-state index in [1.54, 1.807) is 0 Å². The molecule has 0 bridgehead atoms. The Balaban J connectivity index is 2.51. The second kappa shape index (κ2) is 4.46. The first kappa shape index (κ1) is 8.68. The van der Waals surface area contributed by atoms with Crippen LogP contribution in [0.2, 0.25) is 0 Å². The van der Waals surface area contributed by atoms with Crippen LogP contribution in [-0.4, -0.2) is 22.4 Å². The van der Waals surface area contributed by atoms with Gasteiger partial charge in [-0.05, 0) is 24.7 Å². The molecule has 0 amide bonds. The highest BCUT2D eigenvalue weighted by atomic mass is 79.9. The maximum absolute atomic E-state index is 3.95. The molecule has 2 nitrogen and oxygen atoms in total. The van der Waals surface area contributed by atoms with Crippen molar-refractivity contribution in [2.45, 2.75) is 6.54 Å². The standard InChI is InChI=1S/C8H11BrN2/c1-11(7-9)6-8-2-4-10-5-3-8/h2-5H,6-7H2,1H3. The largest absolute Gasteiger partial charge is 0.292 e. The first-order chi connectivity index (χ1) is 5.33. The second-order valence-corrected chi connectivity index (χ2v) is 2.99. The fourth-order valence-electron chi connectivity index (χ4n) is 0.842. The van der Waals surface area contributed by atoms with Gasteiger partial charge in [0.05, 0.1) is 5.45 Å². The van der Waals surface area contributed by atoms with Crippen molar-refractivity contribution in [1.29, 1.82) is 0 Å². The van der Waals surface area contributed by atoms with Crippen molar-refractivity contribution in [1.82, 2.24) is 9.88 Å². The molecule has 11 heavy (non-hydrogen) atoms. The third kappa shape index (κ3) is 2.99. The maximum atomic E-state index is 3.95. The van der Waals surface area contributed by atoms with Gasteiger partial charge >= 0.3 is 0 Å². The Morgan fingerprint density at radius 1 is 1.45 bits per heavy atom. The third-order valence-corrected chi connectivity index (χ3v) is 2.26. The van der Waals surface area contributed by atoms with Crippen molar-refractivity contribution in [3.05, 3.63) is 30.1 Å². The zero-order valence-electron chi connectivity index (χ0n) is 6.50. The zero-order chi connectivity index (χ0) is 8.10. The first-order valence-corrected chi connectivity index (χ1v) is 4.58. The van der Waals surface area contributed by atoms with Crippen LogP contribution in [0.4, 0.5) is 0 Å². The van der Waals surface area contributed by atoms with E-state index in [1.165, 1.54) is 5.56 Å². The molecule has 0 aromatic carbocycles. The Morgan fingerprint density at radius 3 is 2.64 bits per heavy atom. The molecule has 0 fully saturated rings. The molecule has 0 radical (unpaired) electrons. The Bertz CT molecular complexity index is 201. The number of rotatable bonds is 3. The number of halogens is 1. The SMILES string of the molecule is CN(CBr)Cc1ccncc1. The summed E-state index contributed by atoms with van der Waals surface area (Å²) in [4.78, 5) is 6.12. The van der Waals surface area contributed by atoms with Gasteiger partial charge in [-0.25, -0.2) is 0 Å². The van der Waals surface area contributed by atoms with Crippen LogP contribution in [0.3, 0.4) is 0 Å². The quantitative estimate of drug-likeness (QED) is 0.565. The molecular weight excluding hydrogens is 204 g/mol. The van der Waals surface area contributed by atoms with Crippen molar-refractivity contribution in [2.24, 2.45) is 0 Å². The van der Waals surface area contributed by atoms with Crippen molar-refractivity contribution in [3.63, 3.8) is 0 Å².